The molecule has 26 heavy (non-hydrogen) atoms. The molecule has 2 unspecified atom stereocenters. The lowest BCUT2D eigenvalue weighted by Gasteiger charge is -2.35. The van der Waals surface area contributed by atoms with Gasteiger partial charge in [-0.2, -0.15) is 0 Å². The highest BCUT2D eigenvalue weighted by atomic mass is 79.9. The first kappa shape index (κ1) is 18.4. The number of halogens is 1. The normalized spacial score (nSPS) is 23.2. The number of anilines is 1. The van der Waals surface area contributed by atoms with E-state index < -0.39 is 8.07 Å². The van der Waals surface area contributed by atoms with E-state index in [1.165, 1.54) is 38.1 Å². The maximum atomic E-state index is 5.95. The van der Waals surface area contributed by atoms with Crippen LogP contribution in [-0.4, -0.2) is 41.3 Å². The van der Waals surface area contributed by atoms with Crippen LogP contribution in [0.15, 0.2) is 16.9 Å². The van der Waals surface area contributed by atoms with Crippen LogP contribution in [0.3, 0.4) is 0 Å². The van der Waals surface area contributed by atoms with Crippen LogP contribution in [0, 0.1) is 0 Å². The van der Waals surface area contributed by atoms with Gasteiger partial charge < -0.3 is 14.2 Å². The maximum Gasteiger partial charge on any atom is 0.164 e. The van der Waals surface area contributed by atoms with Gasteiger partial charge in [-0.25, -0.2) is 9.97 Å². The van der Waals surface area contributed by atoms with Gasteiger partial charge in [0.05, 0.1) is 10.7 Å². The Kier molecular flexibility index (Phi) is 5.14. The van der Waals surface area contributed by atoms with Gasteiger partial charge in [0.2, 0.25) is 0 Å². The average Bonchev–Trinajstić information content (AvgIpc) is 3.03. The third kappa shape index (κ3) is 3.71. The van der Waals surface area contributed by atoms with Crippen molar-refractivity contribution in [1.82, 2.24) is 14.5 Å². The summed E-state index contributed by atoms with van der Waals surface area (Å²) >= 11 is 3.63. The van der Waals surface area contributed by atoms with E-state index in [4.69, 9.17) is 14.7 Å². The molecule has 2 saturated heterocycles. The van der Waals surface area contributed by atoms with Crippen LogP contribution in [0.4, 0.5) is 5.82 Å². The lowest BCUT2D eigenvalue weighted by Crippen LogP contribution is -2.40. The first-order valence-electron chi connectivity index (χ1n) is 9.80. The van der Waals surface area contributed by atoms with Crippen molar-refractivity contribution in [3.63, 3.8) is 0 Å². The molecule has 0 amide bonds. The smallest absolute Gasteiger partial charge is 0.164 e. The van der Waals surface area contributed by atoms with E-state index in [0.29, 0.717) is 18.8 Å². The summed E-state index contributed by atoms with van der Waals surface area (Å²) in [7, 11) is -1.06. The molecule has 0 radical (unpaired) electrons. The van der Waals surface area contributed by atoms with E-state index in [1.54, 1.807) is 0 Å². The minimum Gasteiger partial charge on any atom is -0.361 e. The molecular weight excluding hydrogens is 408 g/mol. The summed E-state index contributed by atoms with van der Waals surface area (Å²) in [6, 6.07) is 2.49. The Hall–Kier alpha value is -0.923. The monoisotopic (exact) mass is 436 g/mol. The van der Waals surface area contributed by atoms with Gasteiger partial charge in [-0.05, 0) is 54.1 Å². The largest absolute Gasteiger partial charge is 0.361 e. The van der Waals surface area contributed by atoms with Crippen molar-refractivity contribution in [3.05, 3.63) is 16.9 Å². The summed E-state index contributed by atoms with van der Waals surface area (Å²) in [6.07, 6.45) is 10.5. The predicted molar refractivity (Wildman–Crippen MR) is 112 cm³/mol. The van der Waals surface area contributed by atoms with Gasteiger partial charge in [-0.3, -0.25) is 0 Å². The molecule has 0 N–H and O–H groups in total. The zero-order chi connectivity index (χ0) is 18.3. The fraction of sp³-hybridized carbons (Fsp3) is 0.684. The summed E-state index contributed by atoms with van der Waals surface area (Å²) < 4.78 is 9.03. The predicted octanol–water partition coefficient (Wildman–Crippen LogP) is 5.03. The quantitative estimate of drug-likeness (QED) is 0.470. The van der Waals surface area contributed by atoms with E-state index in [-0.39, 0.29) is 0 Å². The van der Waals surface area contributed by atoms with Gasteiger partial charge in [0.15, 0.2) is 5.65 Å². The molecule has 0 spiro atoms. The van der Waals surface area contributed by atoms with E-state index >= 15 is 0 Å². The van der Waals surface area contributed by atoms with Crippen molar-refractivity contribution < 1.29 is 4.74 Å². The van der Waals surface area contributed by atoms with Gasteiger partial charge in [0, 0.05) is 33.0 Å². The molecule has 0 saturated carbocycles. The molecule has 2 atom stereocenters. The second-order valence-electron chi connectivity index (χ2n) is 8.92. The molecule has 2 aromatic rings. The van der Waals surface area contributed by atoms with Crippen molar-refractivity contribution in [3.8, 4) is 0 Å². The molecule has 4 rings (SSSR count). The van der Waals surface area contributed by atoms with Crippen LogP contribution in [0.25, 0.3) is 11.2 Å². The van der Waals surface area contributed by atoms with E-state index in [9.17, 15) is 0 Å². The third-order valence-electron chi connectivity index (χ3n) is 5.69. The summed E-state index contributed by atoms with van der Waals surface area (Å²) in [5, 5.41) is 0. The minimum absolute atomic E-state index is 0.539. The van der Waals surface area contributed by atoms with Crippen LogP contribution in [0.5, 0.6) is 0 Å². The zero-order valence-electron chi connectivity index (χ0n) is 16.0. The van der Waals surface area contributed by atoms with Gasteiger partial charge in [0.25, 0.3) is 0 Å². The molecule has 2 bridgehead atoms. The average molecular weight is 437 g/mol. The van der Waals surface area contributed by atoms with Gasteiger partial charge >= 0.3 is 0 Å². The van der Waals surface area contributed by atoms with Crippen LogP contribution in [-0.2, 0) is 11.5 Å². The summed E-state index contributed by atoms with van der Waals surface area (Å²) in [5.74, 6) is 1.04. The number of piperidine rings is 1. The Morgan fingerprint density at radius 2 is 1.92 bits per heavy atom. The van der Waals surface area contributed by atoms with Crippen LogP contribution < -0.4 is 4.90 Å². The molecular formula is C19H29BrN4OSi. The molecule has 2 aromatic heterocycles. The van der Waals surface area contributed by atoms with Crippen LogP contribution >= 0.6 is 15.9 Å². The molecule has 7 heteroatoms. The maximum absolute atomic E-state index is 5.95. The SMILES string of the molecule is C[Si](C)(C)CCOCn1cc(Br)c2ncc(N3C4CCCC3CC4)nc21. The lowest BCUT2D eigenvalue weighted by molar-refractivity contribution is 0.0898. The highest BCUT2D eigenvalue weighted by Gasteiger charge is 2.37. The van der Waals surface area contributed by atoms with Crippen molar-refractivity contribution in [2.45, 2.75) is 76.6 Å². The first-order chi connectivity index (χ1) is 12.4. The molecule has 2 aliphatic heterocycles. The number of ether oxygens (including phenoxy) is 1. The Balaban J connectivity index is 1.55. The van der Waals surface area contributed by atoms with Gasteiger partial charge in [-0.1, -0.05) is 19.6 Å². The summed E-state index contributed by atoms with van der Waals surface area (Å²) in [5.41, 5.74) is 1.85. The number of hydrogen-bond acceptors (Lipinski definition) is 4. The zero-order valence-corrected chi connectivity index (χ0v) is 18.6. The Morgan fingerprint density at radius 3 is 2.62 bits per heavy atom. The van der Waals surface area contributed by atoms with Crippen molar-refractivity contribution in [2.24, 2.45) is 0 Å². The number of fused-ring (bicyclic) bond motifs is 3. The molecule has 142 valence electrons. The van der Waals surface area contributed by atoms with E-state index in [1.807, 2.05) is 12.4 Å². The Bertz CT molecular complexity index is 772. The van der Waals surface area contributed by atoms with Crippen LogP contribution in [0.1, 0.15) is 32.1 Å². The molecule has 0 aromatic carbocycles. The third-order valence-corrected chi connectivity index (χ3v) is 7.98. The highest BCUT2D eigenvalue weighted by Crippen LogP contribution is 2.38. The van der Waals surface area contributed by atoms with Crippen molar-refractivity contribution in [2.75, 3.05) is 11.5 Å². The fourth-order valence-electron chi connectivity index (χ4n) is 4.25. The fourth-order valence-corrected chi connectivity index (χ4v) is 5.54. The number of aromatic nitrogens is 3. The Labute approximate surface area is 165 Å². The summed E-state index contributed by atoms with van der Waals surface area (Å²) in [4.78, 5) is 12.3. The number of rotatable bonds is 6. The summed E-state index contributed by atoms with van der Waals surface area (Å²) in [6.45, 7) is 8.49. The minimum atomic E-state index is -1.06. The number of nitrogens with zero attached hydrogens (tertiary/aromatic N) is 4. The van der Waals surface area contributed by atoms with Gasteiger partial charge in [0.1, 0.15) is 18.1 Å². The second kappa shape index (κ2) is 7.24. The van der Waals surface area contributed by atoms with Crippen molar-refractivity contribution >= 4 is 41.0 Å². The lowest BCUT2D eigenvalue weighted by atomic mass is 10.0. The molecule has 0 aliphatic carbocycles. The molecule has 4 heterocycles. The molecule has 5 nitrogen and oxygen atoms in total. The van der Waals surface area contributed by atoms with Crippen LogP contribution in [0.2, 0.25) is 25.7 Å². The van der Waals surface area contributed by atoms with E-state index in [2.05, 4.69) is 45.0 Å². The van der Waals surface area contributed by atoms with Gasteiger partial charge in [-0.15, -0.1) is 0 Å². The molecule has 2 fully saturated rings. The second-order valence-corrected chi connectivity index (χ2v) is 15.4. The topological polar surface area (TPSA) is 43.2 Å². The molecule has 2 aliphatic rings. The Morgan fingerprint density at radius 1 is 1.19 bits per heavy atom. The van der Waals surface area contributed by atoms with E-state index in [0.717, 1.165) is 28.1 Å². The first-order valence-corrected chi connectivity index (χ1v) is 14.3. The number of hydrogen-bond donors (Lipinski definition) is 0. The highest BCUT2D eigenvalue weighted by molar-refractivity contribution is 9.10. The standard InChI is InChI=1S/C19H29BrN4OSi/c1-26(2,3)10-9-25-13-23-12-16(20)18-19(23)22-17(11-21-18)24-14-5-4-6-15(24)8-7-14/h11-12,14-15H,4-10,13H2,1-3H3. The van der Waals surface area contributed by atoms with Crippen molar-refractivity contribution in [1.29, 1.82) is 0 Å².